The van der Waals surface area contributed by atoms with Crippen molar-refractivity contribution in [1.29, 1.82) is 0 Å². The van der Waals surface area contributed by atoms with Gasteiger partial charge in [0.1, 0.15) is 6.26 Å². The third-order valence-corrected chi connectivity index (χ3v) is 5.53. The van der Waals surface area contributed by atoms with Crippen LogP contribution in [-0.2, 0) is 14.3 Å². The van der Waals surface area contributed by atoms with Gasteiger partial charge >= 0.3 is 5.97 Å². The van der Waals surface area contributed by atoms with Crippen LogP contribution in [0.25, 0.3) is 17.0 Å². The van der Waals surface area contributed by atoms with E-state index < -0.39 is 5.97 Å². The summed E-state index contributed by atoms with van der Waals surface area (Å²) in [6.07, 6.45) is 10.0. The van der Waals surface area contributed by atoms with E-state index in [1.54, 1.807) is 13.3 Å². The molecular weight excluding hydrogens is 474 g/mol. The van der Waals surface area contributed by atoms with Gasteiger partial charge in [0.05, 0.1) is 13.2 Å². The molecule has 0 fully saturated rings. The molecule has 2 heterocycles. The molecule has 9 nitrogen and oxygen atoms in total. The highest BCUT2D eigenvalue weighted by Crippen LogP contribution is 2.27. The van der Waals surface area contributed by atoms with E-state index >= 15 is 0 Å². The first-order chi connectivity index (χ1) is 18.1. The first-order valence-electron chi connectivity index (χ1n) is 12.3. The van der Waals surface area contributed by atoms with Crippen LogP contribution >= 0.6 is 0 Å². The summed E-state index contributed by atoms with van der Waals surface area (Å²) in [4.78, 5) is 31.7. The van der Waals surface area contributed by atoms with Crippen LogP contribution < -0.4 is 5.32 Å². The lowest BCUT2D eigenvalue weighted by molar-refractivity contribution is -0.137. The second kappa shape index (κ2) is 15.3. The lowest BCUT2D eigenvalue weighted by atomic mass is 9.96. The number of hydrogen-bond acceptors (Lipinski definition) is 7. The maximum Gasteiger partial charge on any atom is 0.303 e. The van der Waals surface area contributed by atoms with E-state index in [9.17, 15) is 9.59 Å². The van der Waals surface area contributed by atoms with Crippen LogP contribution in [0.4, 0.5) is 0 Å². The molecule has 0 atom stereocenters. The number of benzene rings is 1. The molecule has 0 spiro atoms. The zero-order valence-corrected chi connectivity index (χ0v) is 21.0. The van der Waals surface area contributed by atoms with Crippen LogP contribution in [0.3, 0.4) is 0 Å². The van der Waals surface area contributed by atoms with Crippen molar-refractivity contribution in [3.05, 3.63) is 78.0 Å². The smallest absolute Gasteiger partial charge is 0.303 e. The largest absolute Gasteiger partial charge is 0.481 e. The van der Waals surface area contributed by atoms with Gasteiger partial charge in [0.2, 0.25) is 5.89 Å². The fourth-order valence-electron chi connectivity index (χ4n) is 3.61. The van der Waals surface area contributed by atoms with Crippen LogP contribution in [0, 0.1) is 0 Å². The van der Waals surface area contributed by atoms with E-state index in [-0.39, 0.29) is 18.0 Å². The minimum absolute atomic E-state index is 0.171. The second-order valence-corrected chi connectivity index (χ2v) is 8.33. The van der Waals surface area contributed by atoms with E-state index in [1.165, 1.54) is 6.26 Å². The zero-order valence-electron chi connectivity index (χ0n) is 21.0. The van der Waals surface area contributed by atoms with Crippen molar-refractivity contribution in [2.24, 2.45) is 0 Å². The van der Waals surface area contributed by atoms with Crippen molar-refractivity contribution < 1.29 is 28.6 Å². The molecule has 2 aromatic heterocycles. The summed E-state index contributed by atoms with van der Waals surface area (Å²) in [5, 5.41) is 11.7. The van der Waals surface area contributed by atoms with E-state index in [0.29, 0.717) is 45.1 Å². The van der Waals surface area contributed by atoms with Crippen molar-refractivity contribution >= 4 is 17.4 Å². The summed E-state index contributed by atoms with van der Waals surface area (Å²) in [6.45, 7) is 2.09. The van der Waals surface area contributed by atoms with Crippen molar-refractivity contribution in [3.63, 3.8) is 0 Å². The molecule has 1 amide bonds. The normalized spacial score (nSPS) is 11.4. The number of nitrogens with one attached hydrogen (secondary N) is 1. The minimum Gasteiger partial charge on any atom is -0.481 e. The Morgan fingerprint density at radius 2 is 1.89 bits per heavy atom. The summed E-state index contributed by atoms with van der Waals surface area (Å²) < 4.78 is 15.9. The average molecular weight is 508 g/mol. The highest BCUT2D eigenvalue weighted by Gasteiger charge is 2.14. The Hall–Kier alpha value is -3.82. The average Bonchev–Trinajstić information content (AvgIpc) is 3.41. The number of aromatic nitrogens is 2. The lowest BCUT2D eigenvalue weighted by Crippen LogP contribution is -2.25. The van der Waals surface area contributed by atoms with Crippen LogP contribution in [0.1, 0.15) is 53.7 Å². The number of nitrogens with zero attached hydrogens (tertiary/aromatic N) is 2. The molecule has 0 aliphatic rings. The van der Waals surface area contributed by atoms with Crippen LogP contribution in [0.5, 0.6) is 0 Å². The summed E-state index contributed by atoms with van der Waals surface area (Å²) in [5.74, 6) is -0.712. The van der Waals surface area contributed by atoms with Crippen LogP contribution in [0.2, 0.25) is 0 Å². The molecule has 196 valence electrons. The Kier molecular flexibility index (Phi) is 11.5. The number of oxazole rings is 1. The zero-order chi connectivity index (χ0) is 26.3. The van der Waals surface area contributed by atoms with Crippen molar-refractivity contribution in [3.8, 4) is 11.5 Å². The van der Waals surface area contributed by atoms with E-state index in [2.05, 4.69) is 21.4 Å². The first kappa shape index (κ1) is 27.8. The summed E-state index contributed by atoms with van der Waals surface area (Å²) in [6, 6.07) is 11.6. The fraction of sp³-hybridized carbons (Fsp3) is 0.357. The van der Waals surface area contributed by atoms with Gasteiger partial charge in [-0.2, -0.15) is 0 Å². The standard InChI is InChI=1S/C28H33N3O6/c1-35-17-18-36-16-6-15-30-27(34)25-20-37-28(31-25)22-12-10-21(11-13-22)24(23-7-5-14-29-19-23)8-3-2-4-9-26(32)33/h5,7-8,10-14,19-20H,2-4,6,9,15-18H2,1H3,(H,30,34)(H,32,33)/b24-8+. The predicted molar refractivity (Wildman–Crippen MR) is 139 cm³/mol. The van der Waals surface area contributed by atoms with Crippen LogP contribution in [-0.4, -0.2) is 60.4 Å². The summed E-state index contributed by atoms with van der Waals surface area (Å²) >= 11 is 0. The third kappa shape index (κ3) is 9.29. The lowest BCUT2D eigenvalue weighted by Gasteiger charge is -2.09. The minimum atomic E-state index is -0.775. The topological polar surface area (TPSA) is 124 Å². The maximum atomic E-state index is 12.4. The number of amides is 1. The number of carbonyl (C=O) groups excluding carboxylic acids is 1. The molecule has 37 heavy (non-hydrogen) atoms. The highest BCUT2D eigenvalue weighted by molar-refractivity contribution is 5.92. The van der Waals surface area contributed by atoms with E-state index in [4.69, 9.17) is 19.0 Å². The van der Waals surface area contributed by atoms with Crippen molar-refractivity contribution in [1.82, 2.24) is 15.3 Å². The number of rotatable bonds is 16. The number of hydrogen-bond donors (Lipinski definition) is 2. The molecule has 3 rings (SSSR count). The number of carbonyl (C=O) groups is 2. The molecule has 0 saturated heterocycles. The van der Waals surface area contributed by atoms with Crippen molar-refractivity contribution in [2.75, 3.05) is 33.5 Å². The molecule has 0 radical (unpaired) electrons. The van der Waals surface area contributed by atoms with Crippen molar-refractivity contribution in [2.45, 2.75) is 32.1 Å². The van der Waals surface area contributed by atoms with E-state index in [0.717, 1.165) is 35.1 Å². The van der Waals surface area contributed by atoms with Crippen LogP contribution in [0.15, 0.2) is 65.5 Å². The van der Waals surface area contributed by atoms with Gasteiger partial charge in [-0.3, -0.25) is 14.6 Å². The summed E-state index contributed by atoms with van der Waals surface area (Å²) in [7, 11) is 1.62. The second-order valence-electron chi connectivity index (χ2n) is 8.33. The SMILES string of the molecule is COCCOCCCNC(=O)c1coc(-c2ccc(/C(=C\CCCCC(=O)O)c3cccnc3)cc2)n1. The molecule has 3 aromatic rings. The third-order valence-electron chi connectivity index (χ3n) is 5.53. The maximum absolute atomic E-state index is 12.4. The highest BCUT2D eigenvalue weighted by atomic mass is 16.5. The van der Waals surface area contributed by atoms with Gasteiger partial charge in [-0.05, 0) is 55.0 Å². The number of pyridine rings is 1. The van der Waals surface area contributed by atoms with Gasteiger partial charge in [-0.15, -0.1) is 0 Å². The Morgan fingerprint density at radius 3 is 2.62 bits per heavy atom. The van der Waals surface area contributed by atoms with E-state index in [1.807, 2.05) is 42.6 Å². The molecule has 0 aliphatic carbocycles. The van der Waals surface area contributed by atoms with Gasteiger partial charge in [0.25, 0.3) is 5.91 Å². The molecule has 9 heteroatoms. The van der Waals surface area contributed by atoms with Gasteiger partial charge in [0.15, 0.2) is 5.69 Å². The number of unbranched alkanes of at least 4 members (excludes halogenated alkanes) is 2. The number of allylic oxidation sites excluding steroid dienone is 1. The monoisotopic (exact) mass is 507 g/mol. The molecular formula is C28H33N3O6. The Balaban J connectivity index is 1.61. The van der Waals surface area contributed by atoms with Gasteiger partial charge < -0.3 is 24.3 Å². The molecule has 2 N–H and O–H groups in total. The Morgan fingerprint density at radius 1 is 1.05 bits per heavy atom. The number of aliphatic carboxylic acids is 1. The first-order valence-corrected chi connectivity index (χ1v) is 12.3. The number of ether oxygens (including phenoxy) is 2. The molecule has 0 aliphatic heterocycles. The van der Waals surface area contributed by atoms with Gasteiger partial charge in [0, 0.05) is 50.2 Å². The molecule has 0 bridgehead atoms. The molecule has 0 saturated carbocycles. The Bertz CT molecular complexity index is 1140. The number of carboxylic acids is 1. The summed E-state index contributed by atoms with van der Waals surface area (Å²) in [5.41, 5.74) is 3.96. The fourth-order valence-corrected chi connectivity index (χ4v) is 3.61. The Labute approximate surface area is 216 Å². The molecule has 1 aromatic carbocycles. The number of carboxylic acid groups (broad SMARTS) is 1. The predicted octanol–water partition coefficient (Wildman–Crippen LogP) is 4.60. The number of methoxy groups -OCH3 is 1. The van der Waals surface area contributed by atoms with Gasteiger partial charge in [-0.25, -0.2) is 4.98 Å². The molecule has 0 unspecified atom stereocenters. The quantitative estimate of drug-likeness (QED) is 0.270. The van der Waals surface area contributed by atoms with Gasteiger partial charge in [-0.1, -0.05) is 24.3 Å².